The topological polar surface area (TPSA) is 12.0 Å². The number of aryl methyl sites for hydroxylation is 1. The van der Waals surface area contributed by atoms with Gasteiger partial charge in [-0.1, -0.05) is 35.0 Å². The molecule has 0 spiro atoms. The maximum Gasteiger partial charge on any atom is 0.0208 e. The average Bonchev–Trinajstić information content (AvgIpc) is 2.66. The molecule has 16 heavy (non-hydrogen) atoms. The van der Waals surface area contributed by atoms with Crippen LogP contribution in [0.3, 0.4) is 0 Å². The zero-order chi connectivity index (χ0) is 11.5. The molecule has 1 aliphatic rings. The fraction of sp³-hybridized carbons (Fsp3) is 0.571. The summed E-state index contributed by atoms with van der Waals surface area (Å²) in [5.74, 6) is 0.905. The normalized spacial score (nSPS) is 24.9. The quantitative estimate of drug-likeness (QED) is 0.882. The van der Waals surface area contributed by atoms with Gasteiger partial charge in [0.05, 0.1) is 0 Å². The summed E-state index contributed by atoms with van der Waals surface area (Å²) in [6.45, 7) is 5.47. The second kappa shape index (κ2) is 5.33. The summed E-state index contributed by atoms with van der Waals surface area (Å²) in [7, 11) is 0. The Bertz CT molecular complexity index is 362. The molecule has 1 fully saturated rings. The van der Waals surface area contributed by atoms with Crippen molar-refractivity contribution < 1.29 is 0 Å². The predicted octanol–water partition coefficient (Wildman–Crippen LogP) is 4.04. The molecule has 88 valence electrons. The Hall–Kier alpha value is -0.340. The molecule has 1 saturated carbocycles. The highest BCUT2D eigenvalue weighted by Crippen LogP contribution is 2.25. The summed E-state index contributed by atoms with van der Waals surface area (Å²) in [4.78, 5) is 0. The minimum Gasteiger partial charge on any atom is -0.310 e. The lowest BCUT2D eigenvalue weighted by atomic mass is 10.1. The Morgan fingerprint density at radius 3 is 2.81 bits per heavy atom. The van der Waals surface area contributed by atoms with Crippen LogP contribution in [-0.2, 0) is 6.54 Å². The Kier molecular flexibility index (Phi) is 4.04. The molecule has 0 amide bonds. The van der Waals surface area contributed by atoms with Crippen LogP contribution in [0.5, 0.6) is 0 Å². The summed E-state index contributed by atoms with van der Waals surface area (Å²) >= 11 is 3.58. The van der Waals surface area contributed by atoms with Gasteiger partial charge in [0, 0.05) is 17.1 Å². The minimum absolute atomic E-state index is 0.732. The number of hydrogen-bond donors (Lipinski definition) is 1. The van der Waals surface area contributed by atoms with Crippen molar-refractivity contribution in [3.8, 4) is 0 Å². The SMILES string of the molecule is Cc1ccc(CNC2CCC(C)C2)cc1Br. The molecule has 0 aromatic heterocycles. The van der Waals surface area contributed by atoms with E-state index in [0.29, 0.717) is 0 Å². The van der Waals surface area contributed by atoms with Crippen molar-refractivity contribution in [3.63, 3.8) is 0 Å². The lowest BCUT2D eigenvalue weighted by molar-refractivity contribution is 0.502. The Morgan fingerprint density at radius 1 is 1.38 bits per heavy atom. The van der Waals surface area contributed by atoms with Crippen LogP contribution in [0.25, 0.3) is 0 Å². The predicted molar refractivity (Wildman–Crippen MR) is 72.5 cm³/mol. The van der Waals surface area contributed by atoms with Gasteiger partial charge in [-0.15, -0.1) is 0 Å². The van der Waals surface area contributed by atoms with Gasteiger partial charge in [0.2, 0.25) is 0 Å². The van der Waals surface area contributed by atoms with Crippen LogP contribution in [0.1, 0.15) is 37.3 Å². The van der Waals surface area contributed by atoms with Gasteiger partial charge < -0.3 is 5.32 Å². The lowest BCUT2D eigenvalue weighted by Gasteiger charge is -2.12. The summed E-state index contributed by atoms with van der Waals surface area (Å²) < 4.78 is 1.21. The molecule has 2 atom stereocenters. The molecule has 0 heterocycles. The van der Waals surface area contributed by atoms with E-state index in [1.54, 1.807) is 0 Å². The van der Waals surface area contributed by atoms with E-state index in [-0.39, 0.29) is 0 Å². The van der Waals surface area contributed by atoms with Gasteiger partial charge in [-0.05, 0) is 49.3 Å². The number of halogens is 1. The highest BCUT2D eigenvalue weighted by Gasteiger charge is 2.20. The van der Waals surface area contributed by atoms with Crippen LogP contribution in [0.15, 0.2) is 22.7 Å². The molecule has 0 saturated heterocycles. The fourth-order valence-corrected chi connectivity index (χ4v) is 2.83. The molecule has 0 radical (unpaired) electrons. The smallest absolute Gasteiger partial charge is 0.0208 e. The van der Waals surface area contributed by atoms with Gasteiger partial charge in [0.15, 0.2) is 0 Å². The van der Waals surface area contributed by atoms with Crippen LogP contribution < -0.4 is 5.32 Å². The average molecular weight is 282 g/mol. The summed E-state index contributed by atoms with van der Waals surface area (Å²) in [5.41, 5.74) is 2.68. The second-order valence-corrected chi connectivity index (χ2v) is 5.93. The van der Waals surface area contributed by atoms with E-state index in [0.717, 1.165) is 18.5 Å². The molecule has 1 nitrogen and oxygen atoms in total. The van der Waals surface area contributed by atoms with Crippen molar-refractivity contribution in [3.05, 3.63) is 33.8 Å². The van der Waals surface area contributed by atoms with Crippen molar-refractivity contribution in [2.75, 3.05) is 0 Å². The third-order valence-electron chi connectivity index (χ3n) is 3.53. The second-order valence-electron chi connectivity index (χ2n) is 5.08. The third-order valence-corrected chi connectivity index (χ3v) is 4.38. The molecule has 1 aliphatic carbocycles. The molecular weight excluding hydrogens is 262 g/mol. The van der Waals surface area contributed by atoms with E-state index in [2.05, 4.69) is 53.3 Å². The first-order valence-electron chi connectivity index (χ1n) is 6.13. The number of hydrogen-bond acceptors (Lipinski definition) is 1. The van der Waals surface area contributed by atoms with Crippen molar-refractivity contribution >= 4 is 15.9 Å². The monoisotopic (exact) mass is 281 g/mol. The molecule has 1 aromatic carbocycles. The van der Waals surface area contributed by atoms with Crippen molar-refractivity contribution in [1.29, 1.82) is 0 Å². The first-order chi connectivity index (χ1) is 7.65. The van der Waals surface area contributed by atoms with Gasteiger partial charge in [-0.2, -0.15) is 0 Å². The van der Waals surface area contributed by atoms with Gasteiger partial charge >= 0.3 is 0 Å². The van der Waals surface area contributed by atoms with Gasteiger partial charge in [-0.25, -0.2) is 0 Å². The standard InChI is InChI=1S/C14H20BrN/c1-10-3-6-13(7-10)16-9-12-5-4-11(2)14(15)8-12/h4-5,8,10,13,16H,3,6-7,9H2,1-2H3. The van der Waals surface area contributed by atoms with E-state index < -0.39 is 0 Å². The first kappa shape index (κ1) is 12.1. The number of nitrogens with one attached hydrogen (secondary N) is 1. The molecule has 2 rings (SSSR count). The van der Waals surface area contributed by atoms with Crippen LogP contribution in [0, 0.1) is 12.8 Å². The molecule has 2 heteroatoms. The number of benzene rings is 1. The van der Waals surface area contributed by atoms with Gasteiger partial charge in [0.25, 0.3) is 0 Å². The van der Waals surface area contributed by atoms with E-state index in [1.165, 1.54) is 34.9 Å². The van der Waals surface area contributed by atoms with Crippen LogP contribution in [-0.4, -0.2) is 6.04 Å². The van der Waals surface area contributed by atoms with Crippen LogP contribution >= 0.6 is 15.9 Å². The summed E-state index contributed by atoms with van der Waals surface area (Å²) in [5, 5.41) is 3.65. The zero-order valence-electron chi connectivity index (χ0n) is 10.1. The maximum absolute atomic E-state index is 3.65. The van der Waals surface area contributed by atoms with E-state index in [4.69, 9.17) is 0 Å². The van der Waals surface area contributed by atoms with Crippen molar-refractivity contribution in [2.45, 2.75) is 45.7 Å². The first-order valence-corrected chi connectivity index (χ1v) is 6.93. The van der Waals surface area contributed by atoms with E-state index in [9.17, 15) is 0 Å². The minimum atomic E-state index is 0.732. The number of rotatable bonds is 3. The van der Waals surface area contributed by atoms with Crippen molar-refractivity contribution in [2.24, 2.45) is 5.92 Å². The molecular formula is C14H20BrN. The zero-order valence-corrected chi connectivity index (χ0v) is 11.7. The molecule has 0 bridgehead atoms. The summed E-state index contributed by atoms with van der Waals surface area (Å²) in [6.07, 6.45) is 4.07. The molecule has 2 unspecified atom stereocenters. The lowest BCUT2D eigenvalue weighted by Crippen LogP contribution is -2.25. The fourth-order valence-electron chi connectivity index (χ4n) is 2.40. The highest BCUT2D eigenvalue weighted by atomic mass is 79.9. The molecule has 1 aromatic rings. The van der Waals surface area contributed by atoms with Crippen LogP contribution in [0.2, 0.25) is 0 Å². The summed E-state index contributed by atoms with van der Waals surface area (Å²) in [6, 6.07) is 7.35. The van der Waals surface area contributed by atoms with E-state index in [1.807, 2.05) is 0 Å². The van der Waals surface area contributed by atoms with Gasteiger partial charge in [0.1, 0.15) is 0 Å². The Labute approximate surface area is 107 Å². The molecule has 0 aliphatic heterocycles. The van der Waals surface area contributed by atoms with Gasteiger partial charge in [-0.3, -0.25) is 0 Å². The largest absolute Gasteiger partial charge is 0.310 e. The maximum atomic E-state index is 3.65. The van der Waals surface area contributed by atoms with Crippen molar-refractivity contribution in [1.82, 2.24) is 5.32 Å². The Balaban J connectivity index is 1.87. The highest BCUT2D eigenvalue weighted by molar-refractivity contribution is 9.10. The van der Waals surface area contributed by atoms with Crippen LogP contribution in [0.4, 0.5) is 0 Å². The Morgan fingerprint density at radius 2 is 2.19 bits per heavy atom. The molecule has 1 N–H and O–H groups in total. The third kappa shape index (κ3) is 3.08. The van der Waals surface area contributed by atoms with E-state index >= 15 is 0 Å².